The second-order valence-corrected chi connectivity index (χ2v) is 4.71. The zero-order valence-corrected chi connectivity index (χ0v) is 11.3. The van der Waals surface area contributed by atoms with Crippen LogP contribution in [0.5, 0.6) is 0 Å². The van der Waals surface area contributed by atoms with Crippen LogP contribution in [0.1, 0.15) is 20.3 Å². The molecule has 0 aliphatic rings. The van der Waals surface area contributed by atoms with E-state index in [4.69, 9.17) is 5.73 Å². The highest BCUT2D eigenvalue weighted by Gasteiger charge is 2.10. The van der Waals surface area contributed by atoms with Crippen LogP contribution < -0.4 is 10.6 Å². The van der Waals surface area contributed by atoms with Crippen LogP contribution in [-0.4, -0.2) is 19.1 Å². The first-order chi connectivity index (χ1) is 8.76. The molecule has 2 rings (SSSR count). The van der Waals surface area contributed by atoms with Crippen LogP contribution in [0.15, 0.2) is 42.5 Å². The van der Waals surface area contributed by atoms with Crippen LogP contribution in [-0.2, 0) is 0 Å². The second-order valence-electron chi connectivity index (χ2n) is 4.71. The number of rotatable bonds is 5. The lowest BCUT2D eigenvalue weighted by Crippen LogP contribution is -2.37. The maximum Gasteiger partial charge on any atom is 0.0446 e. The van der Waals surface area contributed by atoms with Crippen molar-refractivity contribution >= 4 is 16.5 Å². The summed E-state index contributed by atoms with van der Waals surface area (Å²) in [5.74, 6) is 0. The topological polar surface area (TPSA) is 29.3 Å². The Morgan fingerprint density at radius 1 is 1.06 bits per heavy atom. The summed E-state index contributed by atoms with van der Waals surface area (Å²) < 4.78 is 0. The average Bonchev–Trinajstić information content (AvgIpc) is 2.44. The summed E-state index contributed by atoms with van der Waals surface area (Å²) in [6.45, 7) is 6.23. The smallest absolute Gasteiger partial charge is 0.0446 e. The summed E-state index contributed by atoms with van der Waals surface area (Å²) in [6.07, 6.45) is 1.02. The van der Waals surface area contributed by atoms with Crippen molar-refractivity contribution in [2.24, 2.45) is 5.73 Å². The molecule has 0 spiro atoms. The minimum Gasteiger partial charge on any atom is -0.370 e. The Hall–Kier alpha value is -1.54. The zero-order chi connectivity index (χ0) is 13.0. The summed E-state index contributed by atoms with van der Waals surface area (Å²) >= 11 is 0. The quantitative estimate of drug-likeness (QED) is 0.870. The van der Waals surface area contributed by atoms with Gasteiger partial charge in [0, 0.05) is 30.2 Å². The molecule has 1 atom stereocenters. The zero-order valence-electron chi connectivity index (χ0n) is 11.3. The van der Waals surface area contributed by atoms with Crippen molar-refractivity contribution in [3.63, 3.8) is 0 Å². The molecule has 0 saturated carbocycles. The van der Waals surface area contributed by atoms with E-state index in [1.54, 1.807) is 0 Å². The highest BCUT2D eigenvalue weighted by atomic mass is 15.1. The standard InChI is InChI=1S/C16H22N2/c1-3-14(17)12-18(4-2)16-11-7-9-13-8-5-6-10-15(13)16/h5-11,14H,3-4,12,17H2,1-2H3/t14-/m1/s1. The van der Waals surface area contributed by atoms with Crippen LogP contribution in [0.3, 0.4) is 0 Å². The van der Waals surface area contributed by atoms with E-state index in [1.165, 1.54) is 16.5 Å². The summed E-state index contributed by atoms with van der Waals surface area (Å²) in [7, 11) is 0. The summed E-state index contributed by atoms with van der Waals surface area (Å²) in [4.78, 5) is 2.37. The molecule has 0 bridgehead atoms. The molecule has 2 N–H and O–H groups in total. The summed E-state index contributed by atoms with van der Waals surface area (Å²) in [6, 6.07) is 15.2. The van der Waals surface area contributed by atoms with Crippen molar-refractivity contribution in [2.45, 2.75) is 26.3 Å². The van der Waals surface area contributed by atoms with Gasteiger partial charge in [0.2, 0.25) is 0 Å². The van der Waals surface area contributed by atoms with Crippen molar-refractivity contribution in [3.05, 3.63) is 42.5 Å². The lowest BCUT2D eigenvalue weighted by Gasteiger charge is -2.27. The van der Waals surface area contributed by atoms with E-state index in [0.29, 0.717) is 0 Å². The third-order valence-electron chi connectivity index (χ3n) is 3.47. The molecule has 0 unspecified atom stereocenters. The van der Waals surface area contributed by atoms with E-state index in [2.05, 4.69) is 61.2 Å². The molecule has 0 aliphatic carbocycles. The Morgan fingerprint density at radius 2 is 1.78 bits per heavy atom. The summed E-state index contributed by atoms with van der Waals surface area (Å²) in [5.41, 5.74) is 7.38. The molecule has 2 aromatic carbocycles. The number of benzene rings is 2. The van der Waals surface area contributed by atoms with Gasteiger partial charge in [0.15, 0.2) is 0 Å². The number of hydrogen-bond donors (Lipinski definition) is 1. The van der Waals surface area contributed by atoms with E-state index in [9.17, 15) is 0 Å². The van der Waals surface area contributed by atoms with Gasteiger partial charge >= 0.3 is 0 Å². The number of fused-ring (bicyclic) bond motifs is 1. The van der Waals surface area contributed by atoms with Crippen LogP contribution in [0.2, 0.25) is 0 Å². The van der Waals surface area contributed by atoms with E-state index >= 15 is 0 Å². The number of nitrogens with zero attached hydrogens (tertiary/aromatic N) is 1. The molecule has 0 fully saturated rings. The number of anilines is 1. The first-order valence-corrected chi connectivity index (χ1v) is 6.74. The monoisotopic (exact) mass is 242 g/mol. The van der Waals surface area contributed by atoms with Gasteiger partial charge in [-0.05, 0) is 24.8 Å². The third-order valence-corrected chi connectivity index (χ3v) is 3.47. The van der Waals surface area contributed by atoms with Gasteiger partial charge in [-0.3, -0.25) is 0 Å². The van der Waals surface area contributed by atoms with Crippen LogP contribution in [0.4, 0.5) is 5.69 Å². The molecule has 0 aliphatic heterocycles. The maximum atomic E-state index is 6.09. The molecule has 0 saturated heterocycles. The van der Waals surface area contributed by atoms with Crippen LogP contribution in [0, 0.1) is 0 Å². The van der Waals surface area contributed by atoms with Gasteiger partial charge in [-0.25, -0.2) is 0 Å². The number of hydrogen-bond acceptors (Lipinski definition) is 2. The molecule has 18 heavy (non-hydrogen) atoms. The summed E-state index contributed by atoms with van der Waals surface area (Å²) in [5, 5.41) is 2.60. The largest absolute Gasteiger partial charge is 0.370 e. The van der Waals surface area contributed by atoms with E-state index in [-0.39, 0.29) is 6.04 Å². The van der Waals surface area contributed by atoms with Crippen molar-refractivity contribution in [1.29, 1.82) is 0 Å². The average molecular weight is 242 g/mol. The van der Waals surface area contributed by atoms with Crippen LogP contribution in [0.25, 0.3) is 10.8 Å². The number of likely N-dealkylation sites (N-methyl/N-ethyl adjacent to an activating group) is 1. The molecule has 96 valence electrons. The third kappa shape index (κ3) is 2.65. The van der Waals surface area contributed by atoms with Gasteiger partial charge in [-0.2, -0.15) is 0 Å². The predicted molar refractivity (Wildman–Crippen MR) is 80.1 cm³/mol. The molecule has 2 aromatic rings. The Labute approximate surface area is 109 Å². The molecule has 0 heterocycles. The van der Waals surface area contributed by atoms with Gasteiger partial charge < -0.3 is 10.6 Å². The molecule has 2 heteroatoms. The van der Waals surface area contributed by atoms with E-state index < -0.39 is 0 Å². The lowest BCUT2D eigenvalue weighted by molar-refractivity contribution is 0.623. The molecule has 0 amide bonds. The fourth-order valence-corrected chi connectivity index (χ4v) is 2.29. The Balaban J connectivity index is 2.38. The second kappa shape index (κ2) is 5.87. The molecular formula is C16H22N2. The Kier molecular flexibility index (Phi) is 4.21. The molecular weight excluding hydrogens is 220 g/mol. The molecule has 0 radical (unpaired) electrons. The van der Waals surface area contributed by atoms with Crippen molar-refractivity contribution < 1.29 is 0 Å². The minimum atomic E-state index is 0.240. The van der Waals surface area contributed by atoms with Crippen LogP contribution >= 0.6 is 0 Å². The Bertz CT molecular complexity index is 502. The minimum absolute atomic E-state index is 0.240. The van der Waals surface area contributed by atoms with E-state index in [1.807, 2.05) is 0 Å². The van der Waals surface area contributed by atoms with Crippen molar-refractivity contribution in [3.8, 4) is 0 Å². The highest BCUT2D eigenvalue weighted by Crippen LogP contribution is 2.26. The highest BCUT2D eigenvalue weighted by molar-refractivity contribution is 5.94. The van der Waals surface area contributed by atoms with E-state index in [0.717, 1.165) is 19.5 Å². The molecule has 2 nitrogen and oxygen atoms in total. The fourth-order valence-electron chi connectivity index (χ4n) is 2.29. The number of nitrogens with two attached hydrogens (primary N) is 1. The molecule has 0 aromatic heterocycles. The maximum absolute atomic E-state index is 6.09. The van der Waals surface area contributed by atoms with Gasteiger partial charge in [0.25, 0.3) is 0 Å². The predicted octanol–water partition coefficient (Wildman–Crippen LogP) is 3.40. The SMILES string of the molecule is CC[C@@H](N)CN(CC)c1cccc2ccccc12. The van der Waals surface area contributed by atoms with Gasteiger partial charge in [-0.15, -0.1) is 0 Å². The van der Waals surface area contributed by atoms with Crippen molar-refractivity contribution in [1.82, 2.24) is 0 Å². The van der Waals surface area contributed by atoms with Crippen molar-refractivity contribution in [2.75, 3.05) is 18.0 Å². The fraction of sp³-hybridized carbons (Fsp3) is 0.375. The van der Waals surface area contributed by atoms with Gasteiger partial charge in [-0.1, -0.05) is 43.3 Å². The first-order valence-electron chi connectivity index (χ1n) is 6.74. The van der Waals surface area contributed by atoms with Gasteiger partial charge in [0.1, 0.15) is 0 Å². The lowest BCUT2D eigenvalue weighted by atomic mass is 10.1. The normalized spacial score (nSPS) is 12.6. The first kappa shape index (κ1) is 12.9. The van der Waals surface area contributed by atoms with Gasteiger partial charge in [0.05, 0.1) is 0 Å². The Morgan fingerprint density at radius 3 is 2.50 bits per heavy atom.